The van der Waals surface area contributed by atoms with Crippen molar-refractivity contribution in [1.82, 2.24) is 10.2 Å². The zero-order valence-corrected chi connectivity index (χ0v) is 12.7. The molecule has 1 unspecified atom stereocenters. The van der Waals surface area contributed by atoms with E-state index in [4.69, 9.17) is 9.84 Å². The summed E-state index contributed by atoms with van der Waals surface area (Å²) < 4.78 is 5.03. The Hall–Kier alpha value is -2.57. The SMILES string of the molecule is O=C(NCCC(=O)N1CCCC1C(=O)O)OCc1ccccc1. The summed E-state index contributed by atoms with van der Waals surface area (Å²) in [5.41, 5.74) is 0.875. The quantitative estimate of drug-likeness (QED) is 0.825. The molecule has 7 nitrogen and oxygen atoms in total. The molecular weight excluding hydrogens is 300 g/mol. The predicted octanol–water partition coefficient (Wildman–Crippen LogP) is 1.38. The summed E-state index contributed by atoms with van der Waals surface area (Å²) in [5, 5.41) is 11.5. The van der Waals surface area contributed by atoms with Crippen molar-refractivity contribution in [1.29, 1.82) is 0 Å². The standard InChI is InChI=1S/C16H20N2O5/c19-14(18-10-4-7-13(18)15(20)21)8-9-17-16(22)23-11-12-5-2-1-3-6-12/h1-3,5-6,13H,4,7-11H2,(H,17,22)(H,20,21). The van der Waals surface area contributed by atoms with Crippen molar-refractivity contribution < 1.29 is 24.2 Å². The van der Waals surface area contributed by atoms with Crippen LogP contribution >= 0.6 is 0 Å². The van der Waals surface area contributed by atoms with Gasteiger partial charge in [0.2, 0.25) is 5.91 Å². The van der Waals surface area contributed by atoms with Crippen molar-refractivity contribution in [2.45, 2.75) is 31.9 Å². The molecule has 0 saturated carbocycles. The number of hydrogen-bond acceptors (Lipinski definition) is 4. The number of carbonyl (C=O) groups excluding carboxylic acids is 2. The molecule has 2 amide bonds. The number of benzene rings is 1. The topological polar surface area (TPSA) is 95.9 Å². The number of carboxylic acid groups (broad SMARTS) is 1. The van der Waals surface area contributed by atoms with Gasteiger partial charge in [0.1, 0.15) is 12.6 Å². The maximum Gasteiger partial charge on any atom is 0.407 e. The third-order valence-corrected chi connectivity index (χ3v) is 3.68. The minimum atomic E-state index is -0.980. The molecule has 2 rings (SSSR count). The Morgan fingerprint density at radius 3 is 2.70 bits per heavy atom. The van der Waals surface area contributed by atoms with Gasteiger partial charge in [0.15, 0.2) is 0 Å². The minimum Gasteiger partial charge on any atom is -0.480 e. The summed E-state index contributed by atoms with van der Waals surface area (Å²) in [4.78, 5) is 35.9. The lowest BCUT2D eigenvalue weighted by molar-refractivity contribution is -0.148. The molecule has 1 aliphatic rings. The number of likely N-dealkylation sites (tertiary alicyclic amines) is 1. The van der Waals surface area contributed by atoms with Crippen molar-refractivity contribution in [2.24, 2.45) is 0 Å². The van der Waals surface area contributed by atoms with Gasteiger partial charge in [0.25, 0.3) is 0 Å². The first-order valence-corrected chi connectivity index (χ1v) is 7.55. The zero-order chi connectivity index (χ0) is 16.7. The Labute approximate surface area is 134 Å². The highest BCUT2D eigenvalue weighted by Gasteiger charge is 2.33. The molecule has 0 aliphatic carbocycles. The number of rotatable bonds is 6. The molecule has 1 aliphatic heterocycles. The largest absolute Gasteiger partial charge is 0.480 e. The van der Waals surface area contributed by atoms with Gasteiger partial charge in [-0.3, -0.25) is 4.79 Å². The Balaban J connectivity index is 1.67. The monoisotopic (exact) mass is 320 g/mol. The molecule has 1 fully saturated rings. The second-order valence-corrected chi connectivity index (χ2v) is 5.32. The van der Waals surface area contributed by atoms with E-state index in [0.29, 0.717) is 19.4 Å². The minimum absolute atomic E-state index is 0.0597. The highest BCUT2D eigenvalue weighted by atomic mass is 16.5. The summed E-state index contributed by atoms with van der Waals surface area (Å²) in [6.45, 7) is 0.734. The first kappa shape index (κ1) is 16.8. The van der Waals surface area contributed by atoms with Crippen molar-refractivity contribution in [3.63, 3.8) is 0 Å². The highest BCUT2D eigenvalue weighted by molar-refractivity contribution is 5.84. The number of amides is 2. The van der Waals surface area contributed by atoms with Crippen LogP contribution in [-0.4, -0.2) is 47.1 Å². The van der Waals surface area contributed by atoms with E-state index in [1.54, 1.807) is 0 Å². The van der Waals surface area contributed by atoms with Gasteiger partial charge in [-0.15, -0.1) is 0 Å². The number of hydrogen-bond donors (Lipinski definition) is 2. The lowest BCUT2D eigenvalue weighted by atomic mass is 10.2. The number of carbonyl (C=O) groups is 3. The van der Waals surface area contributed by atoms with E-state index in [0.717, 1.165) is 5.56 Å². The van der Waals surface area contributed by atoms with E-state index in [1.165, 1.54) is 4.90 Å². The third-order valence-electron chi connectivity index (χ3n) is 3.68. The molecular formula is C16H20N2O5. The van der Waals surface area contributed by atoms with Gasteiger partial charge in [0, 0.05) is 19.5 Å². The molecule has 124 valence electrons. The van der Waals surface area contributed by atoms with Gasteiger partial charge in [-0.25, -0.2) is 9.59 Å². The molecule has 7 heteroatoms. The zero-order valence-electron chi connectivity index (χ0n) is 12.7. The van der Waals surface area contributed by atoms with Crippen LogP contribution < -0.4 is 5.32 Å². The molecule has 2 N–H and O–H groups in total. The van der Waals surface area contributed by atoms with Crippen LogP contribution in [0.15, 0.2) is 30.3 Å². The maximum absolute atomic E-state index is 12.0. The molecule has 0 aromatic heterocycles. The molecule has 1 aromatic carbocycles. The maximum atomic E-state index is 12.0. The molecule has 0 radical (unpaired) electrons. The van der Waals surface area contributed by atoms with E-state index >= 15 is 0 Å². The second-order valence-electron chi connectivity index (χ2n) is 5.32. The first-order chi connectivity index (χ1) is 11.1. The molecule has 1 aromatic rings. The Bertz CT molecular complexity index is 561. The third kappa shape index (κ3) is 4.98. The summed E-state index contributed by atoms with van der Waals surface area (Å²) in [7, 11) is 0. The number of alkyl carbamates (subject to hydrolysis) is 1. The Morgan fingerprint density at radius 1 is 1.26 bits per heavy atom. The van der Waals surface area contributed by atoms with Gasteiger partial charge in [-0.2, -0.15) is 0 Å². The second kappa shape index (κ2) is 8.17. The highest BCUT2D eigenvalue weighted by Crippen LogP contribution is 2.18. The van der Waals surface area contributed by atoms with Crippen LogP contribution in [0, 0.1) is 0 Å². The number of aliphatic carboxylic acids is 1. The van der Waals surface area contributed by atoms with E-state index in [2.05, 4.69) is 5.32 Å². The average molecular weight is 320 g/mol. The molecule has 0 spiro atoms. The summed E-state index contributed by atoms with van der Waals surface area (Å²) in [6, 6.07) is 8.52. The number of nitrogens with one attached hydrogen (secondary N) is 1. The van der Waals surface area contributed by atoms with Gasteiger partial charge >= 0.3 is 12.1 Å². The first-order valence-electron chi connectivity index (χ1n) is 7.55. The van der Waals surface area contributed by atoms with Crippen LogP contribution in [0.2, 0.25) is 0 Å². The van der Waals surface area contributed by atoms with Crippen LogP contribution in [0.3, 0.4) is 0 Å². The fourth-order valence-electron chi connectivity index (χ4n) is 2.51. The Morgan fingerprint density at radius 2 is 2.00 bits per heavy atom. The Kier molecular flexibility index (Phi) is 5.96. The number of nitrogens with zero attached hydrogens (tertiary/aromatic N) is 1. The van der Waals surface area contributed by atoms with Crippen LogP contribution in [0.1, 0.15) is 24.8 Å². The lowest BCUT2D eigenvalue weighted by Gasteiger charge is -2.21. The smallest absolute Gasteiger partial charge is 0.407 e. The van der Waals surface area contributed by atoms with Gasteiger partial charge in [-0.05, 0) is 18.4 Å². The van der Waals surface area contributed by atoms with Crippen molar-refractivity contribution in [3.05, 3.63) is 35.9 Å². The van der Waals surface area contributed by atoms with E-state index in [9.17, 15) is 14.4 Å². The molecule has 23 heavy (non-hydrogen) atoms. The number of carboxylic acids is 1. The molecule has 0 bridgehead atoms. The van der Waals surface area contributed by atoms with Gasteiger partial charge < -0.3 is 20.1 Å². The summed E-state index contributed by atoms with van der Waals surface area (Å²) in [6.07, 6.45) is 0.630. The molecule has 1 heterocycles. The molecule has 1 atom stereocenters. The molecule has 1 saturated heterocycles. The van der Waals surface area contributed by atoms with Crippen molar-refractivity contribution in [3.8, 4) is 0 Å². The number of ether oxygens (including phenoxy) is 1. The van der Waals surface area contributed by atoms with Gasteiger partial charge in [-0.1, -0.05) is 30.3 Å². The summed E-state index contributed by atoms with van der Waals surface area (Å²) in [5.74, 6) is -1.25. The van der Waals surface area contributed by atoms with E-state index in [-0.39, 0.29) is 25.5 Å². The summed E-state index contributed by atoms with van der Waals surface area (Å²) >= 11 is 0. The van der Waals surface area contributed by atoms with Crippen molar-refractivity contribution in [2.75, 3.05) is 13.1 Å². The van der Waals surface area contributed by atoms with Crippen molar-refractivity contribution >= 4 is 18.0 Å². The van der Waals surface area contributed by atoms with Crippen LogP contribution in [0.5, 0.6) is 0 Å². The fourth-order valence-corrected chi connectivity index (χ4v) is 2.51. The fraction of sp³-hybridized carbons (Fsp3) is 0.438. The average Bonchev–Trinajstić information content (AvgIpc) is 3.04. The van der Waals surface area contributed by atoms with E-state index in [1.807, 2.05) is 30.3 Å². The predicted molar refractivity (Wildman–Crippen MR) is 81.6 cm³/mol. The van der Waals surface area contributed by atoms with Gasteiger partial charge in [0.05, 0.1) is 0 Å². The normalized spacial score (nSPS) is 16.9. The van der Waals surface area contributed by atoms with Crippen LogP contribution in [0.25, 0.3) is 0 Å². The van der Waals surface area contributed by atoms with Crippen LogP contribution in [-0.2, 0) is 20.9 Å². The van der Waals surface area contributed by atoms with E-state index < -0.39 is 18.1 Å². The lowest BCUT2D eigenvalue weighted by Crippen LogP contribution is -2.41. The van der Waals surface area contributed by atoms with Crippen LogP contribution in [0.4, 0.5) is 4.79 Å².